The molecule has 7 heteroatoms. The van der Waals surface area contributed by atoms with E-state index in [2.05, 4.69) is 22.4 Å². The SMILES string of the molecule is Cn1c(=O)[nH]c(=O)c2ccc(OCC3(c4ccc(Cl)cc4)CCNCC3)cc21. The van der Waals surface area contributed by atoms with Crippen LogP contribution in [0, 0.1) is 0 Å². The largest absolute Gasteiger partial charge is 0.493 e. The summed E-state index contributed by atoms with van der Waals surface area (Å²) in [4.78, 5) is 26.2. The van der Waals surface area contributed by atoms with Crippen molar-refractivity contribution in [2.24, 2.45) is 7.05 Å². The van der Waals surface area contributed by atoms with Gasteiger partial charge in [0, 0.05) is 23.6 Å². The van der Waals surface area contributed by atoms with E-state index in [9.17, 15) is 9.59 Å². The number of hydrogen-bond donors (Lipinski definition) is 2. The highest BCUT2D eigenvalue weighted by molar-refractivity contribution is 6.30. The second-order valence-corrected chi connectivity index (χ2v) is 7.76. The van der Waals surface area contributed by atoms with E-state index in [4.69, 9.17) is 16.3 Å². The van der Waals surface area contributed by atoms with Crippen molar-refractivity contribution in [1.82, 2.24) is 14.9 Å². The molecule has 0 aliphatic carbocycles. The van der Waals surface area contributed by atoms with Gasteiger partial charge in [-0.3, -0.25) is 14.3 Å². The Morgan fingerprint density at radius 1 is 1.11 bits per heavy atom. The van der Waals surface area contributed by atoms with Crippen LogP contribution in [0.15, 0.2) is 52.1 Å². The molecule has 0 radical (unpaired) electrons. The number of hydrogen-bond acceptors (Lipinski definition) is 4. The number of rotatable bonds is 4. The molecular formula is C21H22ClN3O3. The van der Waals surface area contributed by atoms with Gasteiger partial charge in [-0.2, -0.15) is 0 Å². The maximum absolute atomic E-state index is 12.0. The molecule has 4 rings (SSSR count). The first-order valence-electron chi connectivity index (χ1n) is 9.31. The number of nitrogens with zero attached hydrogens (tertiary/aromatic N) is 1. The van der Waals surface area contributed by atoms with Crippen LogP contribution in [0.5, 0.6) is 5.75 Å². The van der Waals surface area contributed by atoms with Crippen molar-refractivity contribution in [1.29, 1.82) is 0 Å². The van der Waals surface area contributed by atoms with E-state index in [1.165, 1.54) is 10.1 Å². The van der Waals surface area contributed by atoms with Gasteiger partial charge in [-0.05, 0) is 55.8 Å². The minimum atomic E-state index is -0.439. The summed E-state index contributed by atoms with van der Waals surface area (Å²) in [5, 5.41) is 4.58. The first-order valence-corrected chi connectivity index (χ1v) is 9.69. The molecule has 2 N–H and O–H groups in total. The van der Waals surface area contributed by atoms with Gasteiger partial charge in [0.1, 0.15) is 5.75 Å². The number of halogens is 1. The van der Waals surface area contributed by atoms with Crippen molar-refractivity contribution in [2.45, 2.75) is 18.3 Å². The molecule has 1 aliphatic rings. The molecule has 0 saturated carbocycles. The number of benzene rings is 2. The van der Waals surface area contributed by atoms with Crippen LogP contribution in [-0.4, -0.2) is 29.2 Å². The Bertz CT molecular complexity index is 1110. The van der Waals surface area contributed by atoms with Crippen molar-refractivity contribution in [3.8, 4) is 5.75 Å². The van der Waals surface area contributed by atoms with Gasteiger partial charge in [-0.1, -0.05) is 23.7 Å². The molecule has 0 bridgehead atoms. The molecule has 0 atom stereocenters. The average molecular weight is 400 g/mol. The fourth-order valence-electron chi connectivity index (χ4n) is 3.88. The van der Waals surface area contributed by atoms with Crippen molar-refractivity contribution in [3.63, 3.8) is 0 Å². The van der Waals surface area contributed by atoms with Crippen LogP contribution in [0.1, 0.15) is 18.4 Å². The summed E-state index contributed by atoms with van der Waals surface area (Å²) in [7, 11) is 1.63. The molecule has 1 aromatic heterocycles. The zero-order valence-electron chi connectivity index (χ0n) is 15.6. The Kier molecular flexibility index (Phi) is 5.00. The van der Waals surface area contributed by atoms with E-state index >= 15 is 0 Å². The normalized spacial score (nSPS) is 16.2. The number of aromatic amines is 1. The van der Waals surface area contributed by atoms with Crippen LogP contribution in [0.4, 0.5) is 0 Å². The molecule has 2 aromatic carbocycles. The molecule has 1 aliphatic heterocycles. The summed E-state index contributed by atoms with van der Waals surface area (Å²) < 4.78 is 7.61. The molecular weight excluding hydrogens is 378 g/mol. The number of fused-ring (bicyclic) bond motifs is 1. The second-order valence-electron chi connectivity index (χ2n) is 7.32. The minimum Gasteiger partial charge on any atom is -0.493 e. The van der Waals surface area contributed by atoms with Crippen molar-refractivity contribution in [3.05, 3.63) is 73.9 Å². The molecule has 0 amide bonds. The Morgan fingerprint density at radius 3 is 2.54 bits per heavy atom. The zero-order valence-corrected chi connectivity index (χ0v) is 16.4. The Balaban J connectivity index is 1.66. The average Bonchev–Trinajstić information content (AvgIpc) is 2.71. The van der Waals surface area contributed by atoms with E-state index < -0.39 is 5.69 Å². The summed E-state index contributed by atoms with van der Waals surface area (Å²) in [6.07, 6.45) is 1.92. The Hall–Kier alpha value is -2.57. The predicted octanol–water partition coefficient (Wildman–Crippen LogP) is 2.58. The van der Waals surface area contributed by atoms with Crippen LogP contribution in [0.25, 0.3) is 10.9 Å². The smallest absolute Gasteiger partial charge is 0.328 e. The lowest BCUT2D eigenvalue weighted by Gasteiger charge is -2.38. The highest BCUT2D eigenvalue weighted by Gasteiger charge is 2.35. The molecule has 3 aromatic rings. The standard InChI is InChI=1S/C21H22ClN3O3/c1-25-18-12-16(6-7-17(18)19(26)24-20(25)27)28-13-21(8-10-23-11-9-21)14-2-4-15(22)5-3-14/h2-7,12,23H,8-11,13H2,1H3,(H,24,26,27). The molecule has 0 spiro atoms. The summed E-state index contributed by atoms with van der Waals surface area (Å²) in [6, 6.07) is 13.2. The predicted molar refractivity (Wildman–Crippen MR) is 111 cm³/mol. The van der Waals surface area contributed by atoms with Gasteiger partial charge in [-0.25, -0.2) is 4.79 Å². The minimum absolute atomic E-state index is 0.106. The van der Waals surface area contributed by atoms with E-state index in [0.29, 0.717) is 23.3 Å². The molecule has 28 heavy (non-hydrogen) atoms. The maximum Gasteiger partial charge on any atom is 0.328 e. The molecule has 1 saturated heterocycles. The van der Waals surface area contributed by atoms with E-state index in [-0.39, 0.29) is 11.0 Å². The lowest BCUT2D eigenvalue weighted by Crippen LogP contribution is -2.43. The zero-order chi connectivity index (χ0) is 19.7. The van der Waals surface area contributed by atoms with Gasteiger partial charge >= 0.3 is 5.69 Å². The number of piperidine rings is 1. The van der Waals surface area contributed by atoms with Crippen molar-refractivity contribution >= 4 is 22.5 Å². The van der Waals surface area contributed by atoms with Gasteiger partial charge < -0.3 is 10.1 Å². The van der Waals surface area contributed by atoms with Crippen molar-refractivity contribution < 1.29 is 4.74 Å². The van der Waals surface area contributed by atoms with Crippen LogP contribution >= 0.6 is 11.6 Å². The Labute approximate surface area is 167 Å². The monoisotopic (exact) mass is 399 g/mol. The number of ether oxygens (including phenoxy) is 1. The van der Waals surface area contributed by atoms with Gasteiger partial charge in [0.15, 0.2) is 0 Å². The van der Waals surface area contributed by atoms with Gasteiger partial charge in [-0.15, -0.1) is 0 Å². The third-order valence-electron chi connectivity index (χ3n) is 5.63. The topological polar surface area (TPSA) is 76.1 Å². The highest BCUT2D eigenvalue weighted by atomic mass is 35.5. The van der Waals surface area contributed by atoms with Gasteiger partial charge in [0.05, 0.1) is 17.5 Å². The lowest BCUT2D eigenvalue weighted by molar-refractivity contribution is 0.176. The second kappa shape index (κ2) is 7.45. The molecule has 146 valence electrons. The van der Waals surface area contributed by atoms with Crippen LogP contribution in [0.3, 0.4) is 0 Å². The van der Waals surface area contributed by atoms with Crippen LogP contribution in [-0.2, 0) is 12.5 Å². The fraction of sp³-hybridized carbons (Fsp3) is 0.333. The first kappa shape index (κ1) is 18.8. The first-order chi connectivity index (χ1) is 13.5. The number of nitrogens with one attached hydrogen (secondary N) is 2. The molecule has 2 heterocycles. The fourth-order valence-corrected chi connectivity index (χ4v) is 4.00. The molecule has 0 unspecified atom stereocenters. The molecule has 1 fully saturated rings. The molecule has 6 nitrogen and oxygen atoms in total. The Morgan fingerprint density at radius 2 is 1.82 bits per heavy atom. The van der Waals surface area contributed by atoms with E-state index in [1.807, 2.05) is 12.1 Å². The lowest BCUT2D eigenvalue weighted by atomic mass is 9.74. The third-order valence-corrected chi connectivity index (χ3v) is 5.88. The summed E-state index contributed by atoms with van der Waals surface area (Å²) in [5.74, 6) is 0.639. The quantitative estimate of drug-likeness (QED) is 0.707. The third kappa shape index (κ3) is 3.45. The summed E-state index contributed by atoms with van der Waals surface area (Å²) in [6.45, 7) is 2.36. The van der Waals surface area contributed by atoms with Gasteiger partial charge in [0.2, 0.25) is 0 Å². The van der Waals surface area contributed by atoms with E-state index in [0.717, 1.165) is 31.0 Å². The van der Waals surface area contributed by atoms with E-state index in [1.54, 1.807) is 25.2 Å². The number of aryl methyl sites for hydroxylation is 1. The highest BCUT2D eigenvalue weighted by Crippen LogP contribution is 2.35. The summed E-state index contributed by atoms with van der Waals surface area (Å²) in [5.41, 5.74) is 0.830. The van der Waals surface area contributed by atoms with Crippen LogP contribution in [0.2, 0.25) is 5.02 Å². The number of aromatic nitrogens is 2. The van der Waals surface area contributed by atoms with Crippen molar-refractivity contribution in [2.75, 3.05) is 19.7 Å². The number of H-pyrrole nitrogens is 1. The summed E-state index contributed by atoms with van der Waals surface area (Å²) >= 11 is 6.07. The van der Waals surface area contributed by atoms with Gasteiger partial charge in [0.25, 0.3) is 5.56 Å². The van der Waals surface area contributed by atoms with Crippen LogP contribution < -0.4 is 21.3 Å². The maximum atomic E-state index is 12.0.